The fourth-order valence-electron chi connectivity index (χ4n) is 4.90. The zero-order chi connectivity index (χ0) is 21.8. The van der Waals surface area contributed by atoms with Crippen molar-refractivity contribution in [2.45, 2.75) is 0 Å². The highest BCUT2D eigenvalue weighted by Crippen LogP contribution is 2.38. The van der Waals surface area contributed by atoms with E-state index in [1.807, 2.05) is 12.1 Å². The van der Waals surface area contributed by atoms with Crippen LogP contribution >= 0.6 is 0 Å². The average molecular weight is 422 g/mol. The molecule has 3 nitrogen and oxygen atoms in total. The number of fused-ring (bicyclic) bond motifs is 9. The smallest absolute Gasteiger partial charge is 0.0817 e. The van der Waals surface area contributed by atoms with Gasteiger partial charge in [-0.05, 0) is 36.4 Å². The molecule has 6 aromatic rings. The quantitative estimate of drug-likeness (QED) is 0.291. The van der Waals surface area contributed by atoms with Gasteiger partial charge in [-0.15, -0.1) is 0 Å². The summed E-state index contributed by atoms with van der Waals surface area (Å²) in [6, 6.07) is 37.6. The summed E-state index contributed by atoms with van der Waals surface area (Å²) in [4.78, 5) is 12.9. The van der Waals surface area contributed by atoms with E-state index in [9.17, 15) is 0 Å². The van der Waals surface area contributed by atoms with Crippen LogP contribution in [0.3, 0.4) is 0 Å². The number of hydrogen-bond donors (Lipinski definition) is 1. The predicted octanol–water partition coefficient (Wildman–Crippen LogP) is 6.49. The molecule has 5 aromatic carbocycles. The minimum absolute atomic E-state index is 1.03. The van der Waals surface area contributed by atoms with Gasteiger partial charge in [-0.2, -0.15) is 0 Å². The Labute approximate surface area is 189 Å². The Morgan fingerprint density at radius 2 is 1.15 bits per heavy atom. The molecule has 1 aromatic heterocycles. The topological polar surface area (TPSA) is 40.5 Å². The largest absolute Gasteiger partial charge is 0.355 e. The van der Waals surface area contributed by atoms with Crippen molar-refractivity contribution < 1.29 is 0 Å². The molecule has 0 bridgehead atoms. The van der Waals surface area contributed by atoms with Crippen LogP contribution in [0.5, 0.6) is 0 Å². The van der Waals surface area contributed by atoms with E-state index in [0.29, 0.717) is 0 Å². The summed E-state index contributed by atoms with van der Waals surface area (Å²) in [5.74, 6) is 0. The van der Waals surface area contributed by atoms with Crippen LogP contribution in [0.4, 0.5) is 11.4 Å². The van der Waals surface area contributed by atoms with E-state index in [4.69, 9.17) is 9.98 Å². The number of hydrogen-bond acceptors (Lipinski definition) is 2. The summed E-state index contributed by atoms with van der Waals surface area (Å²) in [6.07, 6.45) is 0. The van der Waals surface area contributed by atoms with Crippen LogP contribution in [0.1, 0.15) is 0 Å². The molecule has 154 valence electrons. The summed E-state index contributed by atoms with van der Waals surface area (Å²) in [7, 11) is 0. The Morgan fingerprint density at radius 1 is 0.485 bits per heavy atom. The molecule has 3 heterocycles. The first kappa shape index (κ1) is 18.1. The molecule has 3 heteroatoms. The van der Waals surface area contributed by atoms with Crippen molar-refractivity contribution >= 4 is 33.2 Å². The van der Waals surface area contributed by atoms with Crippen LogP contribution in [0, 0.1) is 10.4 Å². The monoisotopic (exact) mass is 421 g/mol. The molecule has 0 amide bonds. The van der Waals surface area contributed by atoms with Gasteiger partial charge in [0.05, 0.1) is 22.1 Å². The highest BCUT2D eigenvalue weighted by Gasteiger charge is 2.19. The minimum atomic E-state index is 1.03. The van der Waals surface area contributed by atoms with Gasteiger partial charge in [-0.3, -0.25) is 0 Å². The van der Waals surface area contributed by atoms with Crippen molar-refractivity contribution in [1.82, 2.24) is 4.98 Å². The molecule has 1 N–H and O–H groups in total. The molecule has 0 radical (unpaired) electrons. The van der Waals surface area contributed by atoms with Gasteiger partial charge in [-0.1, -0.05) is 72.8 Å². The van der Waals surface area contributed by atoms with E-state index in [2.05, 4.69) is 102 Å². The van der Waals surface area contributed by atoms with Crippen molar-refractivity contribution in [2.24, 2.45) is 9.98 Å². The molecule has 2 aliphatic heterocycles. The summed E-state index contributed by atoms with van der Waals surface area (Å²) in [6.45, 7) is 0. The van der Waals surface area contributed by atoms with Gasteiger partial charge in [0.2, 0.25) is 0 Å². The molecule has 2 aliphatic rings. The number of aromatic amines is 1. The van der Waals surface area contributed by atoms with E-state index in [0.717, 1.165) is 22.1 Å². The summed E-state index contributed by atoms with van der Waals surface area (Å²) < 4.78 is 0. The fraction of sp³-hybridized carbons (Fsp3) is 0. The van der Waals surface area contributed by atoms with Crippen molar-refractivity contribution in [3.63, 3.8) is 0 Å². The maximum Gasteiger partial charge on any atom is 0.0817 e. The van der Waals surface area contributed by atoms with Crippen LogP contribution in [0.2, 0.25) is 0 Å². The van der Waals surface area contributed by atoms with Crippen LogP contribution < -0.4 is 10.7 Å². The molecule has 0 saturated carbocycles. The fourth-order valence-corrected chi connectivity index (χ4v) is 4.90. The average Bonchev–Trinajstić information content (AvgIpc) is 3.55. The van der Waals surface area contributed by atoms with Gasteiger partial charge in [-0.25, -0.2) is 9.98 Å². The lowest BCUT2D eigenvalue weighted by Crippen LogP contribution is -2.00. The second kappa shape index (κ2) is 7.01. The number of H-pyrrole nitrogens is 1. The van der Waals surface area contributed by atoms with Crippen molar-refractivity contribution in [1.29, 1.82) is 0 Å². The Kier molecular flexibility index (Phi) is 3.84. The van der Waals surface area contributed by atoms with Gasteiger partial charge in [0, 0.05) is 43.4 Å². The molecule has 0 spiro atoms. The van der Waals surface area contributed by atoms with Gasteiger partial charge < -0.3 is 4.98 Å². The lowest BCUT2D eigenvalue weighted by Gasteiger charge is -2.01. The van der Waals surface area contributed by atoms with Gasteiger partial charge in [0.1, 0.15) is 0 Å². The molecular formula is C30H19N3. The highest BCUT2D eigenvalue weighted by atomic mass is 14.8. The second-order valence-electron chi connectivity index (χ2n) is 8.33. The molecule has 33 heavy (non-hydrogen) atoms. The van der Waals surface area contributed by atoms with E-state index in [1.54, 1.807) is 0 Å². The standard InChI is InChI=1S/C18H10N2.C12H9N/c1-3-7-14-11(5-1)12-9-10-16-17(18(12)20-14)13-6-2-4-8-15(13)19-16;1-3-7-11-9(5-1)10-6-2-4-8-12(10)13-11/h1-10H;1-8,13H. The third-order valence-corrected chi connectivity index (χ3v) is 6.41. The first-order chi connectivity index (χ1) is 16.4. The normalized spacial score (nSPS) is 12.1. The Morgan fingerprint density at radius 3 is 1.97 bits per heavy atom. The van der Waals surface area contributed by atoms with Crippen molar-refractivity contribution in [3.05, 3.63) is 130 Å². The first-order valence-corrected chi connectivity index (χ1v) is 11.1. The van der Waals surface area contributed by atoms with Crippen LogP contribution in [-0.2, 0) is 0 Å². The van der Waals surface area contributed by atoms with E-state index in [-0.39, 0.29) is 0 Å². The summed E-state index contributed by atoms with van der Waals surface area (Å²) in [5, 5.41) is 7.12. The number of nitrogens with one attached hydrogen (secondary N) is 1. The number of para-hydroxylation sites is 4. The van der Waals surface area contributed by atoms with Crippen molar-refractivity contribution in [2.75, 3.05) is 0 Å². The molecule has 0 aliphatic carbocycles. The van der Waals surface area contributed by atoms with Crippen LogP contribution in [0.15, 0.2) is 119 Å². The molecular weight excluding hydrogens is 402 g/mol. The number of aromatic nitrogens is 1. The third-order valence-electron chi connectivity index (χ3n) is 6.41. The molecule has 0 unspecified atom stereocenters. The summed E-state index contributed by atoms with van der Waals surface area (Å²) in [5.41, 5.74) is 6.90. The SMILES string of the molecule is c1ccc2c(c1)N=c1ccc3c(c1-2)N=c1ccccc1=3.c1ccc2c(c1)[nH]c1ccccc12. The van der Waals surface area contributed by atoms with Gasteiger partial charge in [0.15, 0.2) is 0 Å². The van der Waals surface area contributed by atoms with Gasteiger partial charge in [0.25, 0.3) is 0 Å². The second-order valence-corrected chi connectivity index (χ2v) is 8.33. The minimum Gasteiger partial charge on any atom is -0.355 e. The lowest BCUT2D eigenvalue weighted by atomic mass is 10.0. The van der Waals surface area contributed by atoms with Crippen LogP contribution in [0.25, 0.3) is 32.9 Å². The van der Waals surface area contributed by atoms with Crippen LogP contribution in [-0.4, -0.2) is 4.98 Å². The predicted molar refractivity (Wildman–Crippen MR) is 133 cm³/mol. The van der Waals surface area contributed by atoms with Gasteiger partial charge >= 0.3 is 0 Å². The van der Waals surface area contributed by atoms with E-state index in [1.165, 1.54) is 43.4 Å². The highest BCUT2D eigenvalue weighted by molar-refractivity contribution is 6.06. The summed E-state index contributed by atoms with van der Waals surface area (Å²) >= 11 is 0. The zero-order valence-electron chi connectivity index (χ0n) is 17.8. The maximum absolute atomic E-state index is 4.83. The lowest BCUT2D eigenvalue weighted by molar-refractivity contribution is 1.36. The van der Waals surface area contributed by atoms with Crippen molar-refractivity contribution in [3.8, 4) is 11.1 Å². The number of benzene rings is 5. The molecule has 8 rings (SSSR count). The molecule has 0 fully saturated rings. The Balaban J connectivity index is 0.000000127. The molecule has 0 atom stereocenters. The zero-order valence-corrected chi connectivity index (χ0v) is 17.8. The molecule has 0 saturated heterocycles. The third kappa shape index (κ3) is 2.76. The van der Waals surface area contributed by atoms with E-state index < -0.39 is 0 Å². The maximum atomic E-state index is 4.83. The first-order valence-electron chi connectivity index (χ1n) is 11.1. The van der Waals surface area contributed by atoms with E-state index >= 15 is 0 Å². The Hall–Kier alpha value is -4.50. The Bertz CT molecular complexity index is 1880. The number of nitrogens with zero attached hydrogens (tertiary/aromatic N) is 2. The number of rotatable bonds is 0.